The topological polar surface area (TPSA) is 96.4 Å². The summed E-state index contributed by atoms with van der Waals surface area (Å²) in [5.74, 6) is -0.588. The van der Waals surface area contributed by atoms with E-state index in [0.29, 0.717) is 6.42 Å². The van der Waals surface area contributed by atoms with E-state index in [0.717, 1.165) is 26.6 Å². The highest BCUT2D eigenvalue weighted by Crippen LogP contribution is 1.87. The standard InChI is InChI=1S/C6H14N2O.C2H4O2/c1-2-9-5-3-4-6(7)8;1-2(3)4/h2-5H2,1H3,(H3,7,8);1H3,(H,3,4). The number of nitrogens with two attached hydrogens (primary N) is 1. The molecule has 0 rings (SSSR count). The molecule has 0 atom stereocenters. The van der Waals surface area contributed by atoms with E-state index in [9.17, 15) is 0 Å². The maximum Gasteiger partial charge on any atom is 0.300 e. The van der Waals surface area contributed by atoms with Gasteiger partial charge < -0.3 is 15.6 Å². The minimum atomic E-state index is -0.833. The summed E-state index contributed by atoms with van der Waals surface area (Å²) >= 11 is 0. The molecule has 5 nitrogen and oxygen atoms in total. The smallest absolute Gasteiger partial charge is 0.300 e. The Hall–Kier alpha value is -1.10. The Morgan fingerprint density at radius 1 is 1.62 bits per heavy atom. The highest BCUT2D eigenvalue weighted by molar-refractivity contribution is 5.76. The van der Waals surface area contributed by atoms with Gasteiger partial charge in [0.05, 0.1) is 5.84 Å². The van der Waals surface area contributed by atoms with Crippen LogP contribution in [0.15, 0.2) is 0 Å². The Labute approximate surface area is 78.4 Å². The van der Waals surface area contributed by atoms with Gasteiger partial charge in [-0.25, -0.2) is 0 Å². The van der Waals surface area contributed by atoms with Crippen LogP contribution >= 0.6 is 0 Å². The van der Waals surface area contributed by atoms with E-state index in [1.54, 1.807) is 0 Å². The van der Waals surface area contributed by atoms with Gasteiger partial charge in [-0.1, -0.05) is 0 Å². The minimum absolute atomic E-state index is 0.245. The van der Waals surface area contributed by atoms with Gasteiger partial charge in [-0.15, -0.1) is 0 Å². The fourth-order valence-corrected chi connectivity index (χ4v) is 0.509. The van der Waals surface area contributed by atoms with E-state index in [1.165, 1.54) is 0 Å². The Morgan fingerprint density at radius 3 is 2.38 bits per heavy atom. The van der Waals surface area contributed by atoms with Crippen molar-refractivity contribution < 1.29 is 14.6 Å². The molecule has 0 unspecified atom stereocenters. The van der Waals surface area contributed by atoms with Crippen molar-refractivity contribution in [3.63, 3.8) is 0 Å². The van der Waals surface area contributed by atoms with Crippen molar-refractivity contribution in [1.29, 1.82) is 5.41 Å². The van der Waals surface area contributed by atoms with E-state index in [1.807, 2.05) is 6.92 Å². The normalized spacial score (nSPS) is 8.46. The van der Waals surface area contributed by atoms with Gasteiger partial charge in [-0.3, -0.25) is 10.2 Å². The second-order valence-corrected chi connectivity index (χ2v) is 2.34. The molecular weight excluding hydrogens is 172 g/mol. The third kappa shape index (κ3) is 36.0. The van der Waals surface area contributed by atoms with Crippen molar-refractivity contribution in [3.05, 3.63) is 0 Å². The van der Waals surface area contributed by atoms with Crippen LogP contribution in [0.5, 0.6) is 0 Å². The number of ether oxygens (including phenoxy) is 1. The number of carboxylic acid groups (broad SMARTS) is 1. The first-order valence-corrected chi connectivity index (χ1v) is 4.10. The third-order valence-corrected chi connectivity index (χ3v) is 0.939. The third-order valence-electron chi connectivity index (χ3n) is 0.939. The molecule has 0 aliphatic rings. The quantitative estimate of drug-likeness (QED) is 0.340. The molecule has 0 aliphatic heterocycles. The van der Waals surface area contributed by atoms with Crippen LogP contribution in [-0.2, 0) is 9.53 Å². The van der Waals surface area contributed by atoms with Gasteiger partial charge in [-0.2, -0.15) is 0 Å². The number of hydrogen-bond donors (Lipinski definition) is 3. The van der Waals surface area contributed by atoms with Crippen LogP contribution in [0, 0.1) is 5.41 Å². The zero-order valence-corrected chi connectivity index (χ0v) is 8.17. The molecule has 0 aromatic rings. The zero-order chi connectivity index (χ0) is 10.7. The number of carboxylic acids is 1. The molecule has 0 aliphatic carbocycles. The lowest BCUT2D eigenvalue weighted by Gasteiger charge is -1.98. The molecule has 4 N–H and O–H groups in total. The summed E-state index contributed by atoms with van der Waals surface area (Å²) in [6.45, 7) is 4.50. The summed E-state index contributed by atoms with van der Waals surface area (Å²) < 4.78 is 5.03. The molecule has 0 spiro atoms. The van der Waals surface area contributed by atoms with Crippen molar-refractivity contribution in [1.82, 2.24) is 0 Å². The molecule has 0 fully saturated rings. The van der Waals surface area contributed by atoms with Crippen LogP contribution in [0.4, 0.5) is 0 Å². The lowest BCUT2D eigenvalue weighted by molar-refractivity contribution is -0.134. The molecule has 0 saturated heterocycles. The van der Waals surface area contributed by atoms with Gasteiger partial charge in [0, 0.05) is 26.6 Å². The van der Waals surface area contributed by atoms with E-state index < -0.39 is 5.97 Å². The number of aliphatic carboxylic acids is 1. The fraction of sp³-hybridized carbons (Fsp3) is 0.750. The molecule has 0 radical (unpaired) electrons. The summed E-state index contributed by atoms with van der Waals surface area (Å²) in [6, 6.07) is 0. The van der Waals surface area contributed by atoms with Gasteiger partial charge in [0.25, 0.3) is 5.97 Å². The van der Waals surface area contributed by atoms with Crippen molar-refractivity contribution in [2.45, 2.75) is 26.7 Å². The molecule has 0 aromatic heterocycles. The molecule has 0 bridgehead atoms. The van der Waals surface area contributed by atoms with Gasteiger partial charge in [0.15, 0.2) is 0 Å². The van der Waals surface area contributed by atoms with Crippen molar-refractivity contribution in [2.24, 2.45) is 5.73 Å². The first-order valence-electron chi connectivity index (χ1n) is 4.10. The van der Waals surface area contributed by atoms with Gasteiger partial charge in [0.2, 0.25) is 0 Å². The number of carbonyl (C=O) groups is 1. The highest BCUT2D eigenvalue weighted by atomic mass is 16.5. The van der Waals surface area contributed by atoms with Crippen molar-refractivity contribution in [3.8, 4) is 0 Å². The Morgan fingerprint density at radius 2 is 2.08 bits per heavy atom. The predicted molar refractivity (Wildman–Crippen MR) is 51.0 cm³/mol. The van der Waals surface area contributed by atoms with E-state index >= 15 is 0 Å². The van der Waals surface area contributed by atoms with Crippen molar-refractivity contribution in [2.75, 3.05) is 13.2 Å². The van der Waals surface area contributed by atoms with Crippen LogP contribution in [0.1, 0.15) is 26.7 Å². The van der Waals surface area contributed by atoms with E-state index in [4.69, 9.17) is 25.8 Å². The molecule has 78 valence electrons. The average molecular weight is 190 g/mol. The summed E-state index contributed by atoms with van der Waals surface area (Å²) in [5, 5.41) is 14.3. The lowest BCUT2D eigenvalue weighted by Crippen LogP contribution is -2.10. The average Bonchev–Trinajstić information content (AvgIpc) is 1.97. The second kappa shape index (κ2) is 10.9. The molecular formula is C8H18N2O3. The van der Waals surface area contributed by atoms with Gasteiger partial charge >= 0.3 is 0 Å². The highest BCUT2D eigenvalue weighted by Gasteiger charge is 1.88. The van der Waals surface area contributed by atoms with E-state index in [-0.39, 0.29) is 5.84 Å². The van der Waals surface area contributed by atoms with Gasteiger partial charge in [-0.05, 0) is 13.3 Å². The Balaban J connectivity index is 0. The number of rotatable bonds is 5. The molecule has 0 amide bonds. The molecule has 0 aromatic carbocycles. The summed E-state index contributed by atoms with van der Waals surface area (Å²) in [5.41, 5.74) is 5.10. The molecule has 5 heteroatoms. The fourth-order valence-electron chi connectivity index (χ4n) is 0.509. The first kappa shape index (κ1) is 14.4. The zero-order valence-electron chi connectivity index (χ0n) is 8.17. The van der Waals surface area contributed by atoms with E-state index in [2.05, 4.69) is 0 Å². The van der Waals surface area contributed by atoms with Crippen LogP contribution in [-0.4, -0.2) is 30.1 Å². The van der Waals surface area contributed by atoms with Crippen LogP contribution in [0.2, 0.25) is 0 Å². The first-order chi connectivity index (χ1) is 6.00. The Kier molecular flexibility index (Phi) is 12.1. The number of amidine groups is 1. The monoisotopic (exact) mass is 190 g/mol. The SMILES string of the molecule is CC(=O)O.CCOCCCC(=N)N. The maximum absolute atomic E-state index is 9.00. The largest absolute Gasteiger partial charge is 0.481 e. The van der Waals surface area contributed by atoms with Crippen LogP contribution in [0.3, 0.4) is 0 Å². The number of hydrogen-bond acceptors (Lipinski definition) is 3. The lowest BCUT2D eigenvalue weighted by atomic mass is 10.3. The van der Waals surface area contributed by atoms with Crippen molar-refractivity contribution >= 4 is 11.8 Å². The molecule has 0 saturated carbocycles. The summed E-state index contributed by atoms with van der Waals surface area (Å²) in [7, 11) is 0. The Bertz CT molecular complexity index is 144. The number of nitrogens with one attached hydrogen (secondary N) is 1. The predicted octanol–water partition coefficient (Wildman–Crippen LogP) is 0.830. The second-order valence-electron chi connectivity index (χ2n) is 2.34. The summed E-state index contributed by atoms with van der Waals surface area (Å²) in [6.07, 6.45) is 1.52. The van der Waals surface area contributed by atoms with Crippen LogP contribution < -0.4 is 5.73 Å². The summed E-state index contributed by atoms with van der Waals surface area (Å²) in [4.78, 5) is 9.00. The van der Waals surface area contributed by atoms with Gasteiger partial charge in [0.1, 0.15) is 0 Å². The molecule has 13 heavy (non-hydrogen) atoms. The molecule has 0 heterocycles. The minimum Gasteiger partial charge on any atom is -0.481 e. The maximum atomic E-state index is 9.00. The van der Waals surface area contributed by atoms with Crippen LogP contribution in [0.25, 0.3) is 0 Å².